The molecule has 0 amide bonds. The van der Waals surface area contributed by atoms with Gasteiger partial charge in [-0.05, 0) is 239 Å². The highest BCUT2D eigenvalue weighted by atomic mass is 15.0. The van der Waals surface area contributed by atoms with Crippen molar-refractivity contribution in [3.05, 3.63) is 200 Å². The Balaban J connectivity index is 0.000000131. The molecular weight excluding hydrogens is 1040 g/mol. The van der Waals surface area contributed by atoms with Gasteiger partial charge in [-0.1, -0.05) is 134 Å². The summed E-state index contributed by atoms with van der Waals surface area (Å²) in [5.74, 6) is -1.72. The van der Waals surface area contributed by atoms with Gasteiger partial charge in [0.25, 0.3) is 0 Å². The molecule has 14 rings (SSSR count). The summed E-state index contributed by atoms with van der Waals surface area (Å²) in [6.07, 6.45) is 21.8. The zero-order valence-corrected chi connectivity index (χ0v) is 55.7. The lowest BCUT2D eigenvalue weighted by atomic mass is 9.63. The molecule has 4 heterocycles. The van der Waals surface area contributed by atoms with Crippen molar-refractivity contribution in [1.29, 1.82) is 0 Å². The first kappa shape index (κ1) is 49.9. The van der Waals surface area contributed by atoms with Gasteiger partial charge in [0.2, 0.25) is 11.4 Å². The third-order valence-electron chi connectivity index (χ3n) is 22.2. The third kappa shape index (κ3) is 11.2. The Hall–Kier alpha value is -6.00. The second kappa shape index (κ2) is 23.2. The van der Waals surface area contributed by atoms with Gasteiger partial charge in [-0.25, -0.2) is 18.3 Å². The Labute approximate surface area is 535 Å². The van der Waals surface area contributed by atoms with Crippen LogP contribution in [0.4, 0.5) is 0 Å². The summed E-state index contributed by atoms with van der Waals surface area (Å²) in [5.41, 5.74) is 22.6. The van der Waals surface area contributed by atoms with Crippen molar-refractivity contribution in [2.24, 2.45) is 66.8 Å². The van der Waals surface area contributed by atoms with E-state index >= 15 is 0 Å². The van der Waals surface area contributed by atoms with Crippen LogP contribution in [0.5, 0.6) is 0 Å². The van der Waals surface area contributed by atoms with Crippen molar-refractivity contribution in [2.75, 3.05) is 14.1 Å². The average Bonchev–Trinajstić information content (AvgIpc) is 1.49. The van der Waals surface area contributed by atoms with E-state index in [1.807, 2.05) is 52.5 Å². The lowest BCUT2D eigenvalue weighted by Crippen LogP contribution is -2.40. The molecule has 6 aromatic rings. The zero-order valence-electron chi connectivity index (χ0n) is 65.7. The van der Waals surface area contributed by atoms with E-state index in [0.29, 0.717) is 28.9 Å². The number of aromatic nitrogens is 2. The van der Waals surface area contributed by atoms with Gasteiger partial charge in [-0.3, -0.25) is 0 Å². The van der Waals surface area contributed by atoms with E-state index in [1.165, 1.54) is 81.6 Å². The van der Waals surface area contributed by atoms with Crippen LogP contribution in [0, 0.1) is 101 Å². The fourth-order valence-electron chi connectivity index (χ4n) is 17.0. The normalized spacial score (nSPS) is 32.4. The Morgan fingerprint density at radius 1 is 0.465 bits per heavy atom. The fourth-order valence-corrected chi connectivity index (χ4v) is 17.0. The highest BCUT2D eigenvalue weighted by Gasteiger charge is 2.62. The molecule has 0 spiro atoms. The Morgan fingerprint density at radius 2 is 0.965 bits per heavy atom. The topological polar surface area (TPSA) is 13.8 Å². The lowest BCUT2D eigenvalue weighted by Gasteiger charge is -2.40. The molecule has 0 N–H and O–H groups in total. The van der Waals surface area contributed by atoms with Gasteiger partial charge in [0.05, 0.1) is 11.8 Å². The number of aryl methyl sites for hydroxylation is 9. The molecule has 2 aliphatic heterocycles. The molecule has 4 heteroatoms. The average molecular weight is 1160 g/mol. The van der Waals surface area contributed by atoms with Gasteiger partial charge >= 0.3 is 0 Å². The number of nitrogens with zero attached hydrogens (tertiary/aromatic N) is 4. The number of allylic oxidation sites excluding steroid dienone is 2. The standard InChI is InChI=1S/3C21H28N.C19H24N/c1-13-6-7-15(14(2)12-13)20-19-16(10-11-22(20)5)17-8-9-18(19)21(17,3)4;1-14-7-8-17(16(3)11-14)20-12-18-15(2)9-10-21(4,5)19(18)13-22(20)6;1-15-9-7-8-10-16(15)19-13-17-18(14-22(19)6)21(4,5)12-11-20(17,2)3;1-12-4-7-16(13(2)10-12)19-18-15-6-5-14(11-15)17(18)8-9-20(19)3/h6-7,10-12,16-19H,8-9H2,1-5H3;7-8,11-13,15H,9-10H2,1-6H3;7-10,13-14H,11-12H2,1-6H3;4,7-10,14-15,17-18H,5-6,11H2,1-3H3/q4*+1/i1D3,17D,18D;;;1D3,14D,15D. The van der Waals surface area contributed by atoms with Crippen molar-refractivity contribution >= 4 is 11.4 Å². The van der Waals surface area contributed by atoms with Gasteiger partial charge in [0.15, 0.2) is 36.2 Å². The maximum absolute atomic E-state index is 9.41. The summed E-state index contributed by atoms with van der Waals surface area (Å²) in [7, 11) is 8.35. The van der Waals surface area contributed by atoms with E-state index in [4.69, 9.17) is 11.0 Å². The molecule has 4 saturated carbocycles. The molecule has 86 heavy (non-hydrogen) atoms. The summed E-state index contributed by atoms with van der Waals surface area (Å²) in [6.45, 7) is 27.1. The van der Waals surface area contributed by atoms with Crippen molar-refractivity contribution in [3.8, 4) is 22.5 Å². The molecular formula is C82H108N4+4. The van der Waals surface area contributed by atoms with Crippen LogP contribution in [-0.2, 0) is 30.3 Å². The van der Waals surface area contributed by atoms with Crippen LogP contribution in [0.3, 0.4) is 0 Å². The number of hydrogen-bond acceptors (Lipinski definition) is 0. The van der Waals surface area contributed by atoms with Crippen molar-refractivity contribution in [3.63, 3.8) is 0 Å². The number of rotatable bonds is 4. The van der Waals surface area contributed by atoms with Crippen LogP contribution in [0.2, 0.25) is 0 Å². The van der Waals surface area contributed by atoms with Crippen LogP contribution in [0.25, 0.3) is 22.5 Å². The first-order chi connectivity index (χ1) is 44.4. The van der Waals surface area contributed by atoms with Crippen molar-refractivity contribution in [2.45, 2.75) is 191 Å². The molecule has 0 saturated heterocycles. The largest absolute Gasteiger partial charge is 0.212 e. The molecule has 9 unspecified atom stereocenters. The van der Waals surface area contributed by atoms with E-state index in [0.717, 1.165) is 59.4 Å². The summed E-state index contributed by atoms with van der Waals surface area (Å²) in [6, 6.07) is 31.0. The molecule has 2 aromatic heterocycles. The quantitative estimate of drug-likeness (QED) is 0.156. The predicted molar refractivity (Wildman–Crippen MR) is 362 cm³/mol. The van der Waals surface area contributed by atoms with Crippen LogP contribution >= 0.6 is 0 Å². The number of hydrogen-bond donors (Lipinski definition) is 0. The minimum absolute atomic E-state index is 0.00561. The minimum Gasteiger partial charge on any atom is -0.205 e. The van der Waals surface area contributed by atoms with Gasteiger partial charge in [-0.2, -0.15) is 0 Å². The smallest absolute Gasteiger partial charge is 0.205 e. The van der Waals surface area contributed by atoms with Gasteiger partial charge in [-0.15, -0.1) is 0 Å². The van der Waals surface area contributed by atoms with Crippen LogP contribution in [-0.4, -0.2) is 34.7 Å². The van der Waals surface area contributed by atoms with Crippen LogP contribution in [0.15, 0.2) is 128 Å². The molecule has 8 aliphatic rings. The first-order valence-electron chi connectivity index (χ1n) is 37.4. The monoisotopic (exact) mass is 1160 g/mol. The fraction of sp³-hybridized carbons (Fsp3) is 0.512. The molecule has 452 valence electrons. The third-order valence-corrected chi connectivity index (χ3v) is 22.2. The van der Waals surface area contributed by atoms with E-state index in [9.17, 15) is 2.74 Å². The SMILES string of the molecule is Cc1ccc(-c2cc3c(c[n+]2C)C(C)(C)CCC3C)c(C)c1.Cc1ccccc1-c1cc2c(c[n+]1C)C(C)(C)CCC2(C)C.[2H]C([2H])([2H])c1ccc(C2=[N+](C)C=CC3C2C2([2H])CCC3([2H])C2(C)C)c(C)c1.[2H]C([2H])([2H])c1ccc(C2=[N+](C)C=CC3C2C2([2H])CCC3([2H])C2)c(C)c1. The predicted octanol–water partition coefficient (Wildman–Crippen LogP) is 18.3. The molecule has 4 fully saturated rings. The highest BCUT2D eigenvalue weighted by Crippen LogP contribution is 2.65. The maximum Gasteiger partial charge on any atom is 0.212 e. The number of pyridine rings is 2. The van der Waals surface area contributed by atoms with Gasteiger partial charge in [0.1, 0.15) is 28.2 Å². The van der Waals surface area contributed by atoms with E-state index in [2.05, 4.69) is 195 Å². The number of fused-ring (bicyclic) bond motifs is 12. The Kier molecular flexibility index (Phi) is 13.5. The molecule has 9 atom stereocenters. The Morgan fingerprint density at radius 3 is 1.58 bits per heavy atom. The second-order valence-electron chi connectivity index (χ2n) is 29.9. The summed E-state index contributed by atoms with van der Waals surface area (Å²) < 4.78 is 91.1. The molecule has 4 bridgehead atoms. The maximum atomic E-state index is 9.41. The van der Waals surface area contributed by atoms with Crippen molar-refractivity contribution in [1.82, 2.24) is 0 Å². The molecule has 6 aliphatic carbocycles. The lowest BCUT2D eigenvalue weighted by molar-refractivity contribution is -0.661. The van der Waals surface area contributed by atoms with E-state index in [1.54, 1.807) is 29.8 Å². The zero-order chi connectivity index (χ0) is 70.4. The highest BCUT2D eigenvalue weighted by molar-refractivity contribution is 6.02. The molecule has 0 radical (unpaired) electrons. The molecule has 4 aromatic carbocycles. The minimum atomic E-state index is -2.12. The van der Waals surface area contributed by atoms with Gasteiger partial charge < -0.3 is 0 Å². The van der Waals surface area contributed by atoms with E-state index in [-0.39, 0.29) is 34.5 Å². The van der Waals surface area contributed by atoms with Crippen LogP contribution < -0.4 is 9.13 Å². The van der Waals surface area contributed by atoms with Crippen molar-refractivity contribution < 1.29 is 32.0 Å². The summed E-state index contributed by atoms with van der Waals surface area (Å²) in [5, 5.41) is 0. The Bertz CT molecular complexity index is 4220. The van der Waals surface area contributed by atoms with Crippen LogP contribution in [0.1, 0.15) is 212 Å². The summed E-state index contributed by atoms with van der Waals surface area (Å²) in [4.78, 5) is 0. The number of benzene rings is 4. The molecule has 4 nitrogen and oxygen atoms in total. The van der Waals surface area contributed by atoms with E-state index < -0.39 is 42.7 Å². The second-order valence-corrected chi connectivity index (χ2v) is 29.9. The summed E-state index contributed by atoms with van der Waals surface area (Å²) >= 11 is 0. The first-order valence-corrected chi connectivity index (χ1v) is 32.4. The van der Waals surface area contributed by atoms with Gasteiger partial charge in [0, 0.05) is 59.2 Å².